The summed E-state index contributed by atoms with van der Waals surface area (Å²) in [5.41, 5.74) is 2.65. The molecule has 1 atom stereocenters. The smallest absolute Gasteiger partial charge is 0.260 e. The highest BCUT2D eigenvalue weighted by Crippen LogP contribution is 2.39. The lowest BCUT2D eigenvalue weighted by Gasteiger charge is -2.39. The van der Waals surface area contributed by atoms with Crippen molar-refractivity contribution in [2.75, 3.05) is 33.4 Å². The van der Waals surface area contributed by atoms with E-state index >= 15 is 0 Å². The summed E-state index contributed by atoms with van der Waals surface area (Å²) in [5, 5.41) is 3.90. The molecule has 7 nitrogen and oxygen atoms in total. The van der Waals surface area contributed by atoms with Gasteiger partial charge in [0, 0.05) is 37.8 Å². The number of carbonyl (C=O) groups excluding carboxylic acids is 2. The molecule has 0 saturated carbocycles. The summed E-state index contributed by atoms with van der Waals surface area (Å²) in [6.45, 7) is 7.46. The standard InChI is InChI=1S/C23H31N3O4S/c1-5-26(6-2)20(28)14-30-18-12-11-15(13-19(18)29-7-3)22-21-16(9-8-10-17(21)27)25(4)23(31)24-22/h11-13,22H,5-10,14H2,1-4H3,(H,24,31). The fourth-order valence-electron chi connectivity index (χ4n) is 4.09. The van der Waals surface area contributed by atoms with E-state index in [0.717, 1.165) is 29.7 Å². The minimum atomic E-state index is -0.322. The van der Waals surface area contributed by atoms with E-state index in [1.54, 1.807) is 11.0 Å². The van der Waals surface area contributed by atoms with Gasteiger partial charge in [-0.1, -0.05) is 6.07 Å². The molecule has 1 aliphatic heterocycles. The Balaban J connectivity index is 1.89. The molecule has 8 heteroatoms. The van der Waals surface area contributed by atoms with Crippen molar-refractivity contribution in [2.24, 2.45) is 0 Å². The summed E-state index contributed by atoms with van der Waals surface area (Å²) in [5.74, 6) is 1.13. The molecule has 0 aromatic heterocycles. The number of benzene rings is 1. The Labute approximate surface area is 189 Å². The van der Waals surface area contributed by atoms with Crippen LogP contribution in [0.3, 0.4) is 0 Å². The number of ketones is 1. The van der Waals surface area contributed by atoms with Gasteiger partial charge in [-0.2, -0.15) is 0 Å². The molecular weight excluding hydrogens is 414 g/mol. The fraction of sp³-hybridized carbons (Fsp3) is 0.522. The zero-order valence-corrected chi connectivity index (χ0v) is 19.5. The second kappa shape index (κ2) is 10.1. The van der Waals surface area contributed by atoms with Crippen LogP contribution in [0.1, 0.15) is 51.6 Å². The van der Waals surface area contributed by atoms with E-state index in [1.165, 1.54) is 0 Å². The van der Waals surface area contributed by atoms with Crippen molar-refractivity contribution in [2.45, 2.75) is 46.1 Å². The number of allylic oxidation sites excluding steroid dienone is 1. The van der Waals surface area contributed by atoms with Crippen LogP contribution in [0.15, 0.2) is 29.5 Å². The fourth-order valence-corrected chi connectivity index (χ4v) is 4.31. The molecule has 0 spiro atoms. The van der Waals surface area contributed by atoms with Crippen molar-refractivity contribution >= 4 is 29.0 Å². The molecule has 1 N–H and O–H groups in total. The molecule has 3 rings (SSSR count). The number of rotatable bonds is 8. The number of nitrogens with zero attached hydrogens (tertiary/aromatic N) is 2. The quantitative estimate of drug-likeness (QED) is 0.616. The highest BCUT2D eigenvalue weighted by molar-refractivity contribution is 7.80. The van der Waals surface area contributed by atoms with Crippen LogP contribution in [0.2, 0.25) is 0 Å². The Morgan fingerprint density at radius 3 is 2.61 bits per heavy atom. The summed E-state index contributed by atoms with van der Waals surface area (Å²) in [4.78, 5) is 28.7. The van der Waals surface area contributed by atoms with E-state index in [9.17, 15) is 9.59 Å². The van der Waals surface area contributed by atoms with E-state index in [2.05, 4.69) is 5.32 Å². The maximum Gasteiger partial charge on any atom is 0.260 e. The van der Waals surface area contributed by atoms with Gasteiger partial charge in [0.15, 0.2) is 29.0 Å². The van der Waals surface area contributed by atoms with Crippen molar-refractivity contribution in [1.82, 2.24) is 15.1 Å². The summed E-state index contributed by atoms with van der Waals surface area (Å²) < 4.78 is 11.6. The molecule has 1 unspecified atom stereocenters. The lowest BCUT2D eigenvalue weighted by Crippen LogP contribution is -2.47. The first-order valence-corrected chi connectivity index (χ1v) is 11.3. The molecule has 2 aliphatic rings. The molecule has 1 aliphatic carbocycles. The summed E-state index contributed by atoms with van der Waals surface area (Å²) in [6.07, 6.45) is 2.22. The lowest BCUT2D eigenvalue weighted by atomic mass is 9.85. The normalized spacial score (nSPS) is 18.5. The van der Waals surface area contributed by atoms with Crippen LogP contribution < -0.4 is 14.8 Å². The predicted octanol–water partition coefficient (Wildman–Crippen LogP) is 3.20. The summed E-state index contributed by atoms with van der Waals surface area (Å²) in [7, 11) is 1.90. The van der Waals surface area contributed by atoms with Crippen LogP contribution >= 0.6 is 12.2 Å². The second-order valence-electron chi connectivity index (χ2n) is 7.57. The SMILES string of the molecule is CCOc1cc(C2NC(=S)N(C)C3=C2C(=O)CCC3)ccc1OCC(=O)N(CC)CC. The summed E-state index contributed by atoms with van der Waals surface area (Å²) in [6, 6.07) is 5.25. The number of ether oxygens (including phenoxy) is 2. The Kier molecular flexibility index (Phi) is 7.54. The van der Waals surface area contributed by atoms with Gasteiger partial charge in [0.2, 0.25) is 0 Å². The number of amides is 1. The molecule has 0 fully saturated rings. The van der Waals surface area contributed by atoms with Crippen molar-refractivity contribution in [3.8, 4) is 11.5 Å². The lowest BCUT2D eigenvalue weighted by molar-refractivity contribution is -0.133. The molecule has 1 amide bonds. The minimum Gasteiger partial charge on any atom is -0.490 e. The van der Waals surface area contributed by atoms with Gasteiger partial charge in [-0.3, -0.25) is 9.59 Å². The van der Waals surface area contributed by atoms with E-state index in [1.807, 2.05) is 44.9 Å². The Hall–Kier alpha value is -2.61. The number of hydrogen-bond donors (Lipinski definition) is 1. The highest BCUT2D eigenvalue weighted by Gasteiger charge is 2.36. The van der Waals surface area contributed by atoms with Gasteiger partial charge in [0.05, 0.1) is 12.6 Å². The molecule has 168 valence electrons. The van der Waals surface area contributed by atoms with Gasteiger partial charge in [0.1, 0.15) is 0 Å². The number of hydrogen-bond acceptors (Lipinski definition) is 5. The van der Waals surface area contributed by atoms with E-state index in [0.29, 0.717) is 42.7 Å². The monoisotopic (exact) mass is 445 g/mol. The Bertz CT molecular complexity index is 895. The van der Waals surface area contributed by atoms with Gasteiger partial charge in [-0.15, -0.1) is 0 Å². The van der Waals surface area contributed by atoms with Crippen LogP contribution in [0.25, 0.3) is 0 Å². The van der Waals surface area contributed by atoms with Gasteiger partial charge < -0.3 is 24.6 Å². The van der Waals surface area contributed by atoms with Gasteiger partial charge in [-0.05, 0) is 63.5 Å². The van der Waals surface area contributed by atoms with E-state index in [-0.39, 0.29) is 24.3 Å². The zero-order chi connectivity index (χ0) is 22.5. The molecule has 0 saturated heterocycles. The third-order valence-electron chi connectivity index (χ3n) is 5.76. The molecular formula is C23H31N3O4S. The van der Waals surface area contributed by atoms with E-state index < -0.39 is 0 Å². The average molecular weight is 446 g/mol. The van der Waals surface area contributed by atoms with E-state index in [4.69, 9.17) is 21.7 Å². The van der Waals surface area contributed by atoms with Gasteiger partial charge >= 0.3 is 0 Å². The van der Waals surface area contributed by atoms with Crippen LogP contribution in [0.4, 0.5) is 0 Å². The van der Waals surface area contributed by atoms with Crippen molar-refractivity contribution in [3.63, 3.8) is 0 Å². The maximum absolute atomic E-state index is 12.8. The number of thiocarbonyl (C=S) groups is 1. The molecule has 31 heavy (non-hydrogen) atoms. The first-order chi connectivity index (χ1) is 14.9. The Morgan fingerprint density at radius 2 is 1.94 bits per heavy atom. The first-order valence-electron chi connectivity index (χ1n) is 10.9. The molecule has 0 radical (unpaired) electrons. The van der Waals surface area contributed by atoms with Crippen LogP contribution in [-0.2, 0) is 9.59 Å². The minimum absolute atomic E-state index is 0.0502. The Morgan fingerprint density at radius 1 is 1.19 bits per heavy atom. The van der Waals surface area contributed by atoms with Gasteiger partial charge in [0.25, 0.3) is 5.91 Å². The average Bonchev–Trinajstić information content (AvgIpc) is 2.76. The third-order valence-corrected chi connectivity index (χ3v) is 6.15. The number of Topliss-reactive ketones (excluding diaryl/α,β-unsaturated/α-hetero) is 1. The first kappa shape index (κ1) is 23.1. The molecule has 1 heterocycles. The van der Waals surface area contributed by atoms with Crippen LogP contribution in [0.5, 0.6) is 11.5 Å². The summed E-state index contributed by atoms with van der Waals surface area (Å²) >= 11 is 5.51. The number of nitrogens with one attached hydrogen (secondary N) is 1. The molecule has 1 aromatic carbocycles. The van der Waals surface area contributed by atoms with Crippen molar-refractivity contribution in [3.05, 3.63) is 35.0 Å². The largest absolute Gasteiger partial charge is 0.490 e. The topological polar surface area (TPSA) is 71.1 Å². The van der Waals surface area contributed by atoms with Crippen LogP contribution in [-0.4, -0.2) is 60.0 Å². The van der Waals surface area contributed by atoms with Crippen LogP contribution in [0, 0.1) is 0 Å². The highest BCUT2D eigenvalue weighted by atomic mass is 32.1. The number of carbonyl (C=O) groups is 2. The third kappa shape index (κ3) is 4.84. The zero-order valence-electron chi connectivity index (χ0n) is 18.7. The number of likely N-dealkylation sites (N-methyl/N-ethyl adjacent to an activating group) is 1. The molecule has 0 bridgehead atoms. The second-order valence-corrected chi connectivity index (χ2v) is 7.96. The van der Waals surface area contributed by atoms with Crippen molar-refractivity contribution < 1.29 is 19.1 Å². The molecule has 1 aromatic rings. The predicted molar refractivity (Wildman–Crippen MR) is 123 cm³/mol. The van der Waals surface area contributed by atoms with Crippen molar-refractivity contribution in [1.29, 1.82) is 0 Å². The van der Waals surface area contributed by atoms with Gasteiger partial charge in [-0.25, -0.2) is 0 Å². The maximum atomic E-state index is 12.8.